The van der Waals surface area contributed by atoms with Gasteiger partial charge in [-0.3, -0.25) is 0 Å². The number of halogens is 1. The lowest BCUT2D eigenvalue weighted by Crippen LogP contribution is -2.53. The van der Waals surface area contributed by atoms with Crippen LogP contribution in [0, 0.1) is 12.3 Å². The van der Waals surface area contributed by atoms with Crippen LogP contribution in [0.4, 0.5) is 5.69 Å². The number of nitrogens with two attached hydrogens (primary N) is 1. The van der Waals surface area contributed by atoms with Crippen LogP contribution >= 0.6 is 15.9 Å². The van der Waals surface area contributed by atoms with Crippen molar-refractivity contribution in [3.8, 4) is 0 Å². The topological polar surface area (TPSA) is 38.0 Å². The van der Waals surface area contributed by atoms with Crippen molar-refractivity contribution >= 4 is 21.6 Å². The number of anilines is 1. The standard InChI is InChI=1S/C15H23BrN2/c1-11-7-12(16)9-13(8-11)18-15(10-17)6-4-5-14(15,2)3/h7-9,18H,4-6,10,17H2,1-3H3. The quantitative estimate of drug-likeness (QED) is 0.883. The molecule has 1 aromatic rings. The lowest BCUT2D eigenvalue weighted by atomic mass is 9.74. The van der Waals surface area contributed by atoms with Crippen LogP contribution < -0.4 is 11.1 Å². The molecule has 0 spiro atoms. The summed E-state index contributed by atoms with van der Waals surface area (Å²) in [5, 5.41) is 3.72. The van der Waals surface area contributed by atoms with E-state index in [1.165, 1.54) is 24.1 Å². The van der Waals surface area contributed by atoms with Crippen LogP contribution in [0.15, 0.2) is 22.7 Å². The van der Waals surface area contributed by atoms with E-state index in [-0.39, 0.29) is 11.0 Å². The minimum Gasteiger partial charge on any atom is -0.378 e. The van der Waals surface area contributed by atoms with Crippen LogP contribution in [0.2, 0.25) is 0 Å². The van der Waals surface area contributed by atoms with Crippen molar-refractivity contribution in [2.24, 2.45) is 11.1 Å². The van der Waals surface area contributed by atoms with Crippen LogP contribution in [0.1, 0.15) is 38.7 Å². The molecular weight excluding hydrogens is 288 g/mol. The van der Waals surface area contributed by atoms with E-state index in [0.717, 1.165) is 10.9 Å². The fraction of sp³-hybridized carbons (Fsp3) is 0.600. The van der Waals surface area contributed by atoms with E-state index in [1.54, 1.807) is 0 Å². The van der Waals surface area contributed by atoms with Gasteiger partial charge in [0.05, 0.1) is 5.54 Å². The highest BCUT2D eigenvalue weighted by molar-refractivity contribution is 9.10. The first kappa shape index (κ1) is 13.9. The van der Waals surface area contributed by atoms with Crippen molar-refractivity contribution in [1.29, 1.82) is 0 Å². The van der Waals surface area contributed by atoms with E-state index in [1.807, 2.05) is 0 Å². The van der Waals surface area contributed by atoms with Gasteiger partial charge in [-0.2, -0.15) is 0 Å². The summed E-state index contributed by atoms with van der Waals surface area (Å²) >= 11 is 3.56. The second kappa shape index (κ2) is 4.86. The summed E-state index contributed by atoms with van der Waals surface area (Å²) in [6.07, 6.45) is 3.65. The van der Waals surface area contributed by atoms with Gasteiger partial charge in [0, 0.05) is 16.7 Å². The van der Waals surface area contributed by atoms with Gasteiger partial charge in [0.25, 0.3) is 0 Å². The molecular formula is C15H23BrN2. The number of hydrogen-bond acceptors (Lipinski definition) is 2. The Hall–Kier alpha value is -0.540. The Kier molecular flexibility index (Phi) is 3.75. The molecule has 1 aliphatic rings. The predicted molar refractivity (Wildman–Crippen MR) is 81.9 cm³/mol. The molecule has 18 heavy (non-hydrogen) atoms. The van der Waals surface area contributed by atoms with Gasteiger partial charge in [0.1, 0.15) is 0 Å². The molecule has 0 saturated heterocycles. The Bertz CT molecular complexity index is 422. The summed E-state index contributed by atoms with van der Waals surface area (Å²) in [4.78, 5) is 0. The first-order valence-electron chi connectivity index (χ1n) is 6.64. The van der Waals surface area contributed by atoms with Gasteiger partial charge in [-0.15, -0.1) is 0 Å². The molecule has 0 bridgehead atoms. The Labute approximate surface area is 118 Å². The second-order valence-electron chi connectivity index (χ2n) is 6.17. The van der Waals surface area contributed by atoms with Gasteiger partial charge in [-0.25, -0.2) is 0 Å². The smallest absolute Gasteiger partial charge is 0.0546 e. The van der Waals surface area contributed by atoms with Gasteiger partial charge in [0.15, 0.2) is 0 Å². The van der Waals surface area contributed by atoms with Gasteiger partial charge < -0.3 is 11.1 Å². The van der Waals surface area contributed by atoms with Crippen molar-refractivity contribution in [3.05, 3.63) is 28.2 Å². The molecule has 1 unspecified atom stereocenters. The van der Waals surface area contributed by atoms with Gasteiger partial charge in [-0.05, 0) is 48.9 Å². The molecule has 1 fully saturated rings. The molecule has 1 saturated carbocycles. The maximum Gasteiger partial charge on any atom is 0.0546 e. The zero-order chi connectivity index (χ0) is 13.4. The van der Waals surface area contributed by atoms with Gasteiger partial charge in [0.2, 0.25) is 0 Å². The molecule has 1 atom stereocenters. The SMILES string of the molecule is Cc1cc(Br)cc(NC2(CN)CCCC2(C)C)c1. The maximum atomic E-state index is 6.09. The average molecular weight is 311 g/mol. The predicted octanol–water partition coefficient (Wildman–Crippen LogP) is 4.08. The van der Waals surface area contributed by atoms with Gasteiger partial charge in [-0.1, -0.05) is 36.2 Å². The Morgan fingerprint density at radius 2 is 2.00 bits per heavy atom. The zero-order valence-electron chi connectivity index (χ0n) is 11.5. The molecule has 3 N–H and O–H groups in total. The molecule has 0 aliphatic heterocycles. The summed E-state index contributed by atoms with van der Waals surface area (Å²) in [5.74, 6) is 0. The molecule has 100 valence electrons. The number of nitrogens with one attached hydrogen (secondary N) is 1. The van der Waals surface area contributed by atoms with E-state index >= 15 is 0 Å². The number of rotatable bonds is 3. The third kappa shape index (κ3) is 2.43. The normalized spacial score (nSPS) is 26.3. The minimum atomic E-state index is 0.0280. The monoisotopic (exact) mass is 310 g/mol. The van der Waals surface area contributed by atoms with E-state index in [9.17, 15) is 0 Å². The fourth-order valence-electron chi connectivity index (χ4n) is 3.16. The van der Waals surface area contributed by atoms with Crippen LogP contribution in [0.3, 0.4) is 0 Å². The first-order valence-corrected chi connectivity index (χ1v) is 7.43. The highest BCUT2D eigenvalue weighted by Crippen LogP contribution is 2.47. The summed E-state index contributed by atoms with van der Waals surface area (Å²) in [6, 6.07) is 6.45. The largest absolute Gasteiger partial charge is 0.378 e. The maximum absolute atomic E-state index is 6.09. The summed E-state index contributed by atoms with van der Waals surface area (Å²) in [5.41, 5.74) is 8.80. The Balaban J connectivity index is 2.31. The molecule has 1 aliphatic carbocycles. The molecule has 2 nitrogen and oxygen atoms in total. The number of hydrogen-bond donors (Lipinski definition) is 2. The third-order valence-corrected chi connectivity index (χ3v) is 4.93. The molecule has 0 aromatic heterocycles. The molecule has 2 rings (SSSR count). The van der Waals surface area contributed by atoms with Crippen molar-refractivity contribution < 1.29 is 0 Å². The summed E-state index contributed by atoms with van der Waals surface area (Å²) < 4.78 is 1.12. The summed E-state index contributed by atoms with van der Waals surface area (Å²) in [6.45, 7) is 7.45. The van der Waals surface area contributed by atoms with Crippen LogP contribution in [0.25, 0.3) is 0 Å². The number of aryl methyl sites for hydroxylation is 1. The third-order valence-electron chi connectivity index (χ3n) is 4.48. The van der Waals surface area contributed by atoms with E-state index < -0.39 is 0 Å². The van der Waals surface area contributed by atoms with Gasteiger partial charge >= 0.3 is 0 Å². The molecule has 3 heteroatoms. The lowest BCUT2D eigenvalue weighted by molar-refractivity contribution is 0.239. The van der Waals surface area contributed by atoms with Crippen LogP contribution in [-0.2, 0) is 0 Å². The zero-order valence-corrected chi connectivity index (χ0v) is 13.1. The van der Waals surface area contributed by atoms with E-state index in [2.05, 4.69) is 60.2 Å². The van der Waals surface area contributed by atoms with Crippen LogP contribution in [-0.4, -0.2) is 12.1 Å². The average Bonchev–Trinajstić information content (AvgIpc) is 2.53. The molecule has 0 amide bonds. The minimum absolute atomic E-state index is 0.0280. The molecule has 0 radical (unpaired) electrons. The summed E-state index contributed by atoms with van der Waals surface area (Å²) in [7, 11) is 0. The molecule has 0 heterocycles. The van der Waals surface area contributed by atoms with Crippen molar-refractivity contribution in [1.82, 2.24) is 0 Å². The second-order valence-corrected chi connectivity index (χ2v) is 7.08. The number of benzene rings is 1. The molecule has 1 aromatic carbocycles. The van der Waals surface area contributed by atoms with Crippen molar-refractivity contribution in [3.63, 3.8) is 0 Å². The van der Waals surface area contributed by atoms with Crippen molar-refractivity contribution in [2.75, 3.05) is 11.9 Å². The van der Waals surface area contributed by atoms with E-state index in [4.69, 9.17) is 5.73 Å². The Morgan fingerprint density at radius 3 is 2.50 bits per heavy atom. The van der Waals surface area contributed by atoms with Crippen LogP contribution in [0.5, 0.6) is 0 Å². The lowest BCUT2D eigenvalue weighted by Gasteiger charge is -2.42. The highest BCUT2D eigenvalue weighted by Gasteiger charge is 2.47. The first-order chi connectivity index (χ1) is 8.38. The fourth-order valence-corrected chi connectivity index (χ4v) is 3.76. The highest BCUT2D eigenvalue weighted by atomic mass is 79.9. The Morgan fingerprint density at radius 1 is 1.28 bits per heavy atom. The van der Waals surface area contributed by atoms with Crippen molar-refractivity contribution in [2.45, 2.75) is 45.6 Å². The van der Waals surface area contributed by atoms with E-state index in [0.29, 0.717) is 6.54 Å².